The van der Waals surface area contributed by atoms with Gasteiger partial charge in [-0.3, -0.25) is 9.69 Å². The third-order valence-electron chi connectivity index (χ3n) is 4.76. The van der Waals surface area contributed by atoms with E-state index in [1.807, 2.05) is 25.2 Å². The van der Waals surface area contributed by atoms with Gasteiger partial charge >= 0.3 is 6.01 Å². The summed E-state index contributed by atoms with van der Waals surface area (Å²) in [6.07, 6.45) is 0. The molecule has 0 aliphatic carbocycles. The third-order valence-corrected chi connectivity index (χ3v) is 4.76. The Labute approximate surface area is 153 Å². The largest absolute Gasteiger partial charge is 0.453 e. The maximum absolute atomic E-state index is 12.4. The fourth-order valence-corrected chi connectivity index (χ4v) is 2.95. The van der Waals surface area contributed by atoms with Crippen LogP contribution >= 0.6 is 0 Å². The number of anilines is 1. The van der Waals surface area contributed by atoms with Crippen LogP contribution in [0.5, 0.6) is 6.01 Å². The molecule has 7 heteroatoms. The number of rotatable bonds is 6. The Morgan fingerprint density at radius 1 is 1.23 bits per heavy atom. The number of carbonyl (C=O) groups excluding carboxylic acids is 1. The molecular weight excluding hydrogens is 330 g/mol. The van der Waals surface area contributed by atoms with E-state index in [4.69, 9.17) is 10.5 Å². The molecule has 138 valence electrons. The van der Waals surface area contributed by atoms with Crippen LogP contribution in [0.1, 0.15) is 17.0 Å². The van der Waals surface area contributed by atoms with Gasteiger partial charge in [0.1, 0.15) is 0 Å². The number of aromatic nitrogens is 2. The summed E-state index contributed by atoms with van der Waals surface area (Å²) in [5.74, 6) is -0.0786. The van der Waals surface area contributed by atoms with E-state index in [0.29, 0.717) is 17.1 Å². The molecule has 2 heterocycles. The highest BCUT2D eigenvalue weighted by Gasteiger charge is 2.32. The van der Waals surface area contributed by atoms with Crippen LogP contribution in [0, 0.1) is 13.8 Å². The van der Waals surface area contributed by atoms with Crippen molar-refractivity contribution in [2.24, 2.45) is 0 Å². The number of carbonyl (C=O) groups is 1. The molecule has 7 nitrogen and oxygen atoms in total. The van der Waals surface area contributed by atoms with Gasteiger partial charge < -0.3 is 15.4 Å². The first-order chi connectivity index (χ1) is 12.4. The van der Waals surface area contributed by atoms with E-state index in [0.717, 1.165) is 19.6 Å². The van der Waals surface area contributed by atoms with Crippen LogP contribution in [0.2, 0.25) is 0 Å². The molecule has 2 aromatic rings. The first-order valence-corrected chi connectivity index (χ1v) is 8.69. The van der Waals surface area contributed by atoms with E-state index < -0.39 is 0 Å². The minimum absolute atomic E-state index is 0.0749. The molecule has 0 bridgehead atoms. The van der Waals surface area contributed by atoms with Gasteiger partial charge in [0.05, 0.1) is 23.1 Å². The van der Waals surface area contributed by atoms with Crippen molar-refractivity contribution >= 4 is 11.6 Å². The van der Waals surface area contributed by atoms with Crippen molar-refractivity contribution in [1.82, 2.24) is 19.8 Å². The fourth-order valence-electron chi connectivity index (χ4n) is 2.95. The molecule has 1 aromatic carbocycles. The summed E-state index contributed by atoms with van der Waals surface area (Å²) in [5.41, 5.74) is 8.98. The van der Waals surface area contributed by atoms with Crippen LogP contribution in [0.15, 0.2) is 30.3 Å². The zero-order chi connectivity index (χ0) is 18.7. The van der Waals surface area contributed by atoms with Gasteiger partial charge in [-0.2, -0.15) is 9.97 Å². The van der Waals surface area contributed by atoms with Crippen LogP contribution < -0.4 is 10.5 Å². The predicted molar refractivity (Wildman–Crippen MR) is 99.7 cm³/mol. The Bertz CT molecular complexity index is 752. The van der Waals surface area contributed by atoms with Gasteiger partial charge in [-0.25, -0.2) is 0 Å². The van der Waals surface area contributed by atoms with Crippen molar-refractivity contribution in [2.45, 2.75) is 26.4 Å². The second kappa shape index (κ2) is 7.70. The molecular formula is C19H25N5O2. The molecule has 0 atom stereocenters. The molecule has 1 saturated heterocycles. The van der Waals surface area contributed by atoms with Gasteiger partial charge in [0.15, 0.2) is 6.61 Å². The lowest BCUT2D eigenvalue weighted by molar-refractivity contribution is -0.137. The quantitative estimate of drug-likeness (QED) is 0.843. The minimum Gasteiger partial charge on any atom is -0.453 e. The molecule has 3 rings (SSSR count). The van der Waals surface area contributed by atoms with Crippen molar-refractivity contribution < 1.29 is 9.53 Å². The summed E-state index contributed by atoms with van der Waals surface area (Å²) in [4.78, 5) is 24.8. The lowest BCUT2D eigenvalue weighted by atomic mass is 10.1. The van der Waals surface area contributed by atoms with E-state index in [-0.39, 0.29) is 24.6 Å². The molecule has 1 aromatic heterocycles. The van der Waals surface area contributed by atoms with Crippen molar-refractivity contribution in [1.29, 1.82) is 0 Å². The number of aryl methyl sites for hydroxylation is 2. The van der Waals surface area contributed by atoms with Crippen molar-refractivity contribution in [3.8, 4) is 6.01 Å². The number of nitrogen functional groups attached to an aromatic ring is 1. The summed E-state index contributed by atoms with van der Waals surface area (Å²) in [5, 5.41) is 0. The van der Waals surface area contributed by atoms with E-state index >= 15 is 0 Å². The number of likely N-dealkylation sites (N-methyl/N-ethyl adjacent to an activating group) is 1. The highest BCUT2D eigenvalue weighted by molar-refractivity contribution is 5.78. The molecule has 0 spiro atoms. The Morgan fingerprint density at radius 2 is 1.85 bits per heavy atom. The summed E-state index contributed by atoms with van der Waals surface area (Å²) < 4.78 is 5.46. The van der Waals surface area contributed by atoms with E-state index in [1.165, 1.54) is 5.56 Å². The van der Waals surface area contributed by atoms with E-state index in [9.17, 15) is 4.79 Å². The SMILES string of the molecule is Cc1nc(OCC(=O)N(C)C2CN(Cc3ccccc3)C2)nc(C)c1N. The second-order valence-electron chi connectivity index (χ2n) is 6.72. The van der Waals surface area contributed by atoms with E-state index in [2.05, 4.69) is 27.0 Å². The average molecular weight is 355 g/mol. The molecule has 0 unspecified atom stereocenters. The fraction of sp³-hybridized carbons (Fsp3) is 0.421. The summed E-state index contributed by atoms with van der Waals surface area (Å²) in [7, 11) is 1.82. The zero-order valence-electron chi connectivity index (χ0n) is 15.5. The first-order valence-electron chi connectivity index (χ1n) is 8.69. The van der Waals surface area contributed by atoms with Crippen LogP contribution in [-0.4, -0.2) is 58.5 Å². The Balaban J connectivity index is 1.46. The molecule has 26 heavy (non-hydrogen) atoms. The second-order valence-corrected chi connectivity index (χ2v) is 6.72. The molecule has 1 fully saturated rings. The summed E-state index contributed by atoms with van der Waals surface area (Å²) in [6, 6.07) is 10.7. The van der Waals surface area contributed by atoms with Gasteiger partial charge in [0.2, 0.25) is 0 Å². The van der Waals surface area contributed by atoms with Crippen LogP contribution in [0.4, 0.5) is 5.69 Å². The number of likely N-dealkylation sites (tertiary alicyclic amines) is 1. The highest BCUT2D eigenvalue weighted by Crippen LogP contribution is 2.18. The Kier molecular flexibility index (Phi) is 5.37. The van der Waals surface area contributed by atoms with Gasteiger partial charge in [-0.05, 0) is 19.4 Å². The van der Waals surface area contributed by atoms with Gasteiger partial charge in [-0.15, -0.1) is 0 Å². The monoisotopic (exact) mass is 355 g/mol. The Morgan fingerprint density at radius 3 is 2.46 bits per heavy atom. The lowest BCUT2D eigenvalue weighted by Gasteiger charge is -2.44. The van der Waals surface area contributed by atoms with Crippen LogP contribution in [-0.2, 0) is 11.3 Å². The standard InChI is InChI=1S/C19H25N5O2/c1-13-18(20)14(2)22-19(21-13)26-12-17(25)23(3)16-10-24(11-16)9-15-7-5-4-6-8-15/h4-8,16H,9-12,20H2,1-3H3. The topological polar surface area (TPSA) is 84.6 Å². The number of hydrogen-bond donors (Lipinski definition) is 1. The number of amides is 1. The van der Waals surface area contributed by atoms with Gasteiger partial charge in [0, 0.05) is 26.7 Å². The van der Waals surface area contributed by atoms with Crippen molar-refractivity contribution in [3.63, 3.8) is 0 Å². The molecule has 1 amide bonds. The van der Waals surface area contributed by atoms with E-state index in [1.54, 1.807) is 18.7 Å². The maximum Gasteiger partial charge on any atom is 0.317 e. The average Bonchev–Trinajstić information content (AvgIpc) is 2.60. The number of nitrogens with zero attached hydrogens (tertiary/aromatic N) is 4. The summed E-state index contributed by atoms with van der Waals surface area (Å²) >= 11 is 0. The first kappa shape index (κ1) is 18.1. The van der Waals surface area contributed by atoms with Crippen molar-refractivity contribution in [3.05, 3.63) is 47.3 Å². The zero-order valence-corrected chi connectivity index (χ0v) is 15.5. The molecule has 0 radical (unpaired) electrons. The Hall–Kier alpha value is -2.67. The van der Waals surface area contributed by atoms with Gasteiger partial charge in [-0.1, -0.05) is 30.3 Å². The predicted octanol–water partition coefficient (Wildman–Crippen LogP) is 1.40. The summed E-state index contributed by atoms with van der Waals surface area (Å²) in [6.45, 7) is 6.16. The molecule has 1 aliphatic rings. The smallest absolute Gasteiger partial charge is 0.317 e. The van der Waals surface area contributed by atoms with Crippen molar-refractivity contribution in [2.75, 3.05) is 32.5 Å². The minimum atomic E-state index is -0.0786. The van der Waals surface area contributed by atoms with Crippen LogP contribution in [0.25, 0.3) is 0 Å². The van der Waals surface area contributed by atoms with Crippen LogP contribution in [0.3, 0.4) is 0 Å². The van der Waals surface area contributed by atoms with Gasteiger partial charge in [0.25, 0.3) is 5.91 Å². The number of benzene rings is 1. The molecule has 2 N–H and O–H groups in total. The molecule has 1 aliphatic heterocycles. The lowest BCUT2D eigenvalue weighted by Crippen LogP contribution is -2.59. The number of nitrogens with two attached hydrogens (primary N) is 1. The highest BCUT2D eigenvalue weighted by atomic mass is 16.5. The molecule has 0 saturated carbocycles. The number of ether oxygens (including phenoxy) is 1. The maximum atomic E-state index is 12.4. The normalized spacial score (nSPS) is 14.7. The third kappa shape index (κ3) is 4.11. The number of hydrogen-bond acceptors (Lipinski definition) is 6.